The van der Waals surface area contributed by atoms with Crippen LogP contribution < -0.4 is 10.9 Å². The monoisotopic (exact) mass is 350 g/mol. The molecular formula is C21H19FN2O2. The van der Waals surface area contributed by atoms with Crippen molar-refractivity contribution in [2.24, 2.45) is 0 Å². The van der Waals surface area contributed by atoms with Gasteiger partial charge in [0.05, 0.1) is 11.6 Å². The third-order valence-corrected chi connectivity index (χ3v) is 4.27. The zero-order valence-electron chi connectivity index (χ0n) is 14.3. The Morgan fingerprint density at radius 1 is 1.08 bits per heavy atom. The number of rotatable bonds is 5. The number of H-pyrrole nitrogens is 1. The summed E-state index contributed by atoms with van der Waals surface area (Å²) in [6.45, 7) is 1.93. The zero-order chi connectivity index (χ0) is 18.5. The summed E-state index contributed by atoms with van der Waals surface area (Å²) in [5.74, 6) is -0.766. The van der Waals surface area contributed by atoms with Crippen molar-refractivity contribution in [3.05, 3.63) is 88.6 Å². The summed E-state index contributed by atoms with van der Waals surface area (Å²) in [6, 6.07) is 16.9. The predicted molar refractivity (Wildman–Crippen MR) is 101 cm³/mol. The minimum atomic E-state index is -0.336. The molecule has 1 amide bonds. The molecule has 1 atom stereocenters. The van der Waals surface area contributed by atoms with Gasteiger partial charge in [0.15, 0.2) is 0 Å². The van der Waals surface area contributed by atoms with Gasteiger partial charge in [0.1, 0.15) is 5.82 Å². The molecule has 0 saturated carbocycles. The molecule has 1 heterocycles. The third-order valence-electron chi connectivity index (χ3n) is 4.27. The quantitative estimate of drug-likeness (QED) is 0.720. The highest BCUT2D eigenvalue weighted by Gasteiger charge is 2.19. The van der Waals surface area contributed by atoms with Crippen LogP contribution in [-0.2, 0) is 4.79 Å². The van der Waals surface area contributed by atoms with E-state index in [1.165, 1.54) is 18.3 Å². The van der Waals surface area contributed by atoms with Crippen LogP contribution in [0.2, 0.25) is 0 Å². The van der Waals surface area contributed by atoms with Crippen LogP contribution in [-0.4, -0.2) is 10.9 Å². The molecule has 0 radical (unpaired) electrons. The average Bonchev–Trinajstić information content (AvgIpc) is 2.65. The summed E-state index contributed by atoms with van der Waals surface area (Å²) in [6.07, 6.45) is 2.09. The van der Waals surface area contributed by atoms with Gasteiger partial charge in [0, 0.05) is 17.8 Å². The van der Waals surface area contributed by atoms with E-state index in [2.05, 4.69) is 10.3 Å². The second-order valence-electron chi connectivity index (χ2n) is 5.99. The number of hydrogen-bond donors (Lipinski definition) is 2. The molecule has 0 saturated heterocycles. The molecule has 0 aliphatic carbocycles. The van der Waals surface area contributed by atoms with Crippen molar-refractivity contribution in [1.82, 2.24) is 4.98 Å². The molecule has 2 aromatic carbocycles. The Kier molecular flexibility index (Phi) is 5.27. The number of hydrogen-bond acceptors (Lipinski definition) is 2. The third kappa shape index (κ3) is 3.88. The van der Waals surface area contributed by atoms with Gasteiger partial charge in [0.25, 0.3) is 0 Å². The van der Waals surface area contributed by atoms with Crippen LogP contribution in [0.1, 0.15) is 24.8 Å². The second kappa shape index (κ2) is 7.78. The largest absolute Gasteiger partial charge is 0.327 e. The molecule has 3 aromatic rings. The Labute approximate surface area is 150 Å². The molecule has 4 nitrogen and oxygen atoms in total. The molecule has 26 heavy (non-hydrogen) atoms. The van der Waals surface area contributed by atoms with Gasteiger partial charge in [-0.05, 0) is 29.7 Å². The Morgan fingerprint density at radius 2 is 1.81 bits per heavy atom. The van der Waals surface area contributed by atoms with Crippen LogP contribution in [0.5, 0.6) is 0 Å². The maximum Gasteiger partial charge on any atom is 0.248 e. The van der Waals surface area contributed by atoms with Crippen LogP contribution in [0.4, 0.5) is 10.1 Å². The fourth-order valence-corrected chi connectivity index (χ4v) is 2.88. The van der Waals surface area contributed by atoms with E-state index in [0.29, 0.717) is 17.7 Å². The van der Waals surface area contributed by atoms with Crippen molar-refractivity contribution < 1.29 is 9.18 Å². The highest BCUT2D eigenvalue weighted by atomic mass is 19.1. The fourth-order valence-electron chi connectivity index (χ4n) is 2.88. The standard InChI is InChI=1S/C21H19FN2O2/c1-2-17(21(26)24-16-11-12-20(25)23-13-16)14-7-9-15(10-8-14)18-5-3-4-6-19(18)22/h3-13,17H,2H2,1H3,(H,23,25)(H,24,26). The Bertz CT molecular complexity index is 944. The molecule has 2 N–H and O–H groups in total. The fraction of sp³-hybridized carbons (Fsp3) is 0.143. The summed E-state index contributed by atoms with van der Waals surface area (Å²) in [5.41, 5.74) is 2.47. The summed E-state index contributed by atoms with van der Waals surface area (Å²) in [5, 5.41) is 2.80. The Balaban J connectivity index is 1.79. The SMILES string of the molecule is CCC(C(=O)Nc1ccc(=O)[nH]c1)c1ccc(-c2ccccc2F)cc1. The number of aromatic amines is 1. The van der Waals surface area contributed by atoms with Gasteiger partial charge in [-0.2, -0.15) is 0 Å². The van der Waals surface area contributed by atoms with E-state index in [-0.39, 0.29) is 23.2 Å². The van der Waals surface area contributed by atoms with Crippen LogP contribution in [0.15, 0.2) is 71.7 Å². The van der Waals surface area contributed by atoms with E-state index in [1.54, 1.807) is 24.3 Å². The predicted octanol–water partition coefficient (Wildman–Crippen LogP) is 4.31. The minimum Gasteiger partial charge on any atom is -0.327 e. The lowest BCUT2D eigenvalue weighted by Crippen LogP contribution is -2.21. The molecule has 1 unspecified atom stereocenters. The zero-order valence-corrected chi connectivity index (χ0v) is 14.3. The highest BCUT2D eigenvalue weighted by molar-refractivity contribution is 5.95. The molecule has 0 spiro atoms. The van der Waals surface area contributed by atoms with Gasteiger partial charge >= 0.3 is 0 Å². The first-order valence-corrected chi connectivity index (χ1v) is 8.43. The lowest BCUT2D eigenvalue weighted by Gasteiger charge is -2.16. The van der Waals surface area contributed by atoms with Crippen molar-refractivity contribution in [3.63, 3.8) is 0 Å². The van der Waals surface area contributed by atoms with E-state index < -0.39 is 0 Å². The first kappa shape index (κ1) is 17.6. The molecule has 1 aromatic heterocycles. The minimum absolute atomic E-state index is 0.154. The summed E-state index contributed by atoms with van der Waals surface area (Å²) in [7, 11) is 0. The van der Waals surface area contributed by atoms with E-state index in [9.17, 15) is 14.0 Å². The number of nitrogens with one attached hydrogen (secondary N) is 2. The first-order valence-electron chi connectivity index (χ1n) is 8.43. The summed E-state index contributed by atoms with van der Waals surface area (Å²) < 4.78 is 13.9. The molecule has 0 aliphatic rings. The number of benzene rings is 2. The van der Waals surface area contributed by atoms with E-state index >= 15 is 0 Å². The van der Waals surface area contributed by atoms with E-state index in [4.69, 9.17) is 0 Å². The number of pyridine rings is 1. The molecule has 3 rings (SSSR count). The molecule has 0 aliphatic heterocycles. The summed E-state index contributed by atoms with van der Waals surface area (Å²) >= 11 is 0. The second-order valence-corrected chi connectivity index (χ2v) is 5.99. The van der Waals surface area contributed by atoms with Crippen LogP contribution >= 0.6 is 0 Å². The van der Waals surface area contributed by atoms with E-state index in [1.807, 2.05) is 31.2 Å². The normalized spacial score (nSPS) is 11.8. The van der Waals surface area contributed by atoms with Crippen molar-refractivity contribution in [2.75, 3.05) is 5.32 Å². The first-order chi connectivity index (χ1) is 12.6. The van der Waals surface area contributed by atoms with Crippen molar-refractivity contribution >= 4 is 11.6 Å². The Morgan fingerprint density at radius 3 is 2.42 bits per heavy atom. The topological polar surface area (TPSA) is 62.0 Å². The highest BCUT2D eigenvalue weighted by Crippen LogP contribution is 2.27. The lowest BCUT2D eigenvalue weighted by atomic mass is 9.93. The van der Waals surface area contributed by atoms with Gasteiger partial charge in [-0.1, -0.05) is 49.4 Å². The maximum absolute atomic E-state index is 13.9. The van der Waals surface area contributed by atoms with Gasteiger partial charge in [0.2, 0.25) is 11.5 Å². The smallest absolute Gasteiger partial charge is 0.248 e. The van der Waals surface area contributed by atoms with Gasteiger partial charge < -0.3 is 10.3 Å². The molecule has 0 fully saturated rings. The van der Waals surface area contributed by atoms with Gasteiger partial charge in [-0.3, -0.25) is 9.59 Å². The Hall–Kier alpha value is -3.21. The lowest BCUT2D eigenvalue weighted by molar-refractivity contribution is -0.117. The number of carbonyl (C=O) groups excluding carboxylic acids is 1. The van der Waals surface area contributed by atoms with Crippen LogP contribution in [0.3, 0.4) is 0 Å². The van der Waals surface area contributed by atoms with Gasteiger partial charge in [-0.25, -0.2) is 4.39 Å². The van der Waals surface area contributed by atoms with Crippen molar-refractivity contribution in [1.29, 1.82) is 0 Å². The van der Waals surface area contributed by atoms with E-state index in [0.717, 1.165) is 11.1 Å². The number of amides is 1. The van der Waals surface area contributed by atoms with Gasteiger partial charge in [-0.15, -0.1) is 0 Å². The summed E-state index contributed by atoms with van der Waals surface area (Å²) in [4.78, 5) is 26.2. The van der Waals surface area contributed by atoms with Crippen molar-refractivity contribution in [3.8, 4) is 11.1 Å². The molecule has 0 bridgehead atoms. The number of carbonyl (C=O) groups is 1. The number of halogens is 1. The molecular weight excluding hydrogens is 331 g/mol. The molecule has 5 heteroatoms. The van der Waals surface area contributed by atoms with Crippen LogP contribution in [0, 0.1) is 5.82 Å². The number of anilines is 1. The maximum atomic E-state index is 13.9. The number of aromatic nitrogens is 1. The van der Waals surface area contributed by atoms with Crippen molar-refractivity contribution in [2.45, 2.75) is 19.3 Å². The average molecular weight is 350 g/mol. The van der Waals surface area contributed by atoms with Crippen LogP contribution in [0.25, 0.3) is 11.1 Å². The molecule has 132 valence electrons.